The number of morpholine rings is 1. The van der Waals surface area contributed by atoms with Gasteiger partial charge in [0.25, 0.3) is 5.91 Å². The van der Waals surface area contributed by atoms with Gasteiger partial charge in [-0.15, -0.1) is 11.6 Å². The molecule has 1 aliphatic heterocycles. The van der Waals surface area contributed by atoms with Crippen LogP contribution in [-0.2, 0) is 4.74 Å². The Labute approximate surface area is 120 Å². The van der Waals surface area contributed by atoms with E-state index in [2.05, 4.69) is 15.9 Å². The van der Waals surface area contributed by atoms with Crippen LogP contribution >= 0.6 is 27.5 Å². The average Bonchev–Trinajstić information content (AvgIpc) is 2.40. The monoisotopic (exact) mass is 331 g/mol. The maximum absolute atomic E-state index is 12.5. The van der Waals surface area contributed by atoms with Crippen LogP contribution in [0.5, 0.6) is 0 Å². The van der Waals surface area contributed by atoms with E-state index in [-0.39, 0.29) is 11.9 Å². The predicted octanol–water partition coefficient (Wildman–Crippen LogP) is 2.84. The Morgan fingerprint density at radius 1 is 1.61 bits per heavy atom. The summed E-state index contributed by atoms with van der Waals surface area (Å²) < 4.78 is 6.27. The van der Waals surface area contributed by atoms with Crippen LogP contribution in [0.2, 0.25) is 0 Å². The molecule has 1 fully saturated rings. The van der Waals surface area contributed by atoms with Gasteiger partial charge >= 0.3 is 0 Å². The van der Waals surface area contributed by atoms with Crippen molar-refractivity contribution in [2.24, 2.45) is 0 Å². The zero-order valence-corrected chi connectivity index (χ0v) is 12.5. The van der Waals surface area contributed by atoms with Crippen molar-refractivity contribution in [1.82, 2.24) is 4.90 Å². The molecule has 0 saturated carbocycles. The first-order valence-corrected chi connectivity index (χ1v) is 7.17. The number of alkyl halides is 1. The Balaban J connectivity index is 2.26. The molecule has 1 heterocycles. The van der Waals surface area contributed by atoms with Crippen LogP contribution < -0.4 is 0 Å². The molecular weight excluding hydrogens is 318 g/mol. The first-order chi connectivity index (χ1) is 8.63. The molecule has 1 aliphatic rings. The molecule has 1 aromatic rings. The minimum atomic E-state index is -0.0358. The fraction of sp³-hybridized carbons (Fsp3) is 0.462. The Bertz CT molecular complexity index is 453. The van der Waals surface area contributed by atoms with Crippen LogP contribution in [0.3, 0.4) is 0 Å². The second-order valence-corrected chi connectivity index (χ2v) is 5.57. The van der Waals surface area contributed by atoms with E-state index in [0.717, 1.165) is 15.6 Å². The molecule has 5 heteroatoms. The van der Waals surface area contributed by atoms with Crippen molar-refractivity contribution in [1.29, 1.82) is 0 Å². The summed E-state index contributed by atoms with van der Waals surface area (Å²) in [6.45, 7) is 3.63. The van der Waals surface area contributed by atoms with Gasteiger partial charge in [-0.05, 0) is 24.6 Å². The smallest absolute Gasteiger partial charge is 0.254 e. The summed E-state index contributed by atoms with van der Waals surface area (Å²) in [5.74, 6) is 0.432. The van der Waals surface area contributed by atoms with Gasteiger partial charge in [-0.2, -0.15) is 0 Å². The van der Waals surface area contributed by atoms with Crippen molar-refractivity contribution in [2.45, 2.75) is 13.0 Å². The van der Waals surface area contributed by atoms with Crippen LogP contribution in [0.25, 0.3) is 0 Å². The highest BCUT2D eigenvalue weighted by Gasteiger charge is 2.28. The van der Waals surface area contributed by atoms with Crippen LogP contribution in [-0.4, -0.2) is 42.5 Å². The first-order valence-electron chi connectivity index (χ1n) is 5.84. The molecule has 0 aliphatic carbocycles. The van der Waals surface area contributed by atoms with E-state index in [1.165, 1.54) is 0 Å². The molecule has 1 atom stereocenters. The lowest BCUT2D eigenvalue weighted by molar-refractivity contribution is 0.00451. The maximum atomic E-state index is 12.5. The van der Waals surface area contributed by atoms with E-state index in [1.807, 2.05) is 30.0 Å². The Kier molecular flexibility index (Phi) is 4.65. The number of hydrogen-bond donors (Lipinski definition) is 0. The zero-order valence-electron chi connectivity index (χ0n) is 10.2. The van der Waals surface area contributed by atoms with Crippen LogP contribution in [0.1, 0.15) is 15.9 Å². The van der Waals surface area contributed by atoms with E-state index in [0.29, 0.717) is 25.6 Å². The summed E-state index contributed by atoms with van der Waals surface area (Å²) in [7, 11) is 0. The van der Waals surface area contributed by atoms with Gasteiger partial charge in [0.1, 0.15) is 0 Å². The van der Waals surface area contributed by atoms with Gasteiger partial charge in [0.05, 0.1) is 19.3 Å². The van der Waals surface area contributed by atoms with Gasteiger partial charge in [0, 0.05) is 22.5 Å². The number of carbonyl (C=O) groups excluding carboxylic acids is 1. The molecule has 1 saturated heterocycles. The van der Waals surface area contributed by atoms with Crippen molar-refractivity contribution >= 4 is 33.4 Å². The van der Waals surface area contributed by atoms with Gasteiger partial charge in [-0.1, -0.05) is 22.0 Å². The van der Waals surface area contributed by atoms with Crippen molar-refractivity contribution in [3.05, 3.63) is 33.8 Å². The molecule has 1 amide bonds. The molecule has 1 aromatic carbocycles. The molecule has 1 unspecified atom stereocenters. The Morgan fingerprint density at radius 2 is 2.39 bits per heavy atom. The quantitative estimate of drug-likeness (QED) is 0.780. The summed E-state index contributed by atoms with van der Waals surface area (Å²) in [4.78, 5) is 14.3. The molecule has 0 N–H and O–H groups in total. The number of hydrogen-bond acceptors (Lipinski definition) is 2. The minimum absolute atomic E-state index is 0.0303. The summed E-state index contributed by atoms with van der Waals surface area (Å²) in [6, 6.07) is 5.70. The molecule has 0 radical (unpaired) electrons. The molecule has 3 nitrogen and oxygen atoms in total. The zero-order chi connectivity index (χ0) is 13.1. The Hall–Kier alpha value is -0.580. The van der Waals surface area contributed by atoms with Gasteiger partial charge in [-0.3, -0.25) is 4.79 Å². The highest BCUT2D eigenvalue weighted by molar-refractivity contribution is 9.10. The maximum Gasteiger partial charge on any atom is 0.254 e. The second kappa shape index (κ2) is 6.04. The summed E-state index contributed by atoms with van der Waals surface area (Å²) in [5.41, 5.74) is 1.70. The fourth-order valence-corrected chi connectivity index (χ4v) is 2.65. The molecular formula is C13H15BrClNO2. The van der Waals surface area contributed by atoms with E-state index < -0.39 is 0 Å². The molecule has 18 heavy (non-hydrogen) atoms. The van der Waals surface area contributed by atoms with Gasteiger partial charge < -0.3 is 9.64 Å². The lowest BCUT2D eigenvalue weighted by atomic mass is 10.1. The molecule has 0 spiro atoms. The number of carbonyl (C=O) groups is 1. The van der Waals surface area contributed by atoms with Gasteiger partial charge in [0.2, 0.25) is 0 Å². The minimum Gasteiger partial charge on any atom is -0.377 e. The lowest BCUT2D eigenvalue weighted by Gasteiger charge is -2.34. The number of rotatable bonds is 2. The second-order valence-electron chi connectivity index (χ2n) is 4.34. The number of halogens is 2. The standard InChI is InChI=1S/C13H15BrClNO2/c1-9-2-3-10(14)6-12(9)13(17)16-4-5-18-8-11(16)7-15/h2-3,6,11H,4-5,7-8H2,1H3. The van der Waals surface area contributed by atoms with Crippen molar-refractivity contribution in [3.63, 3.8) is 0 Å². The van der Waals surface area contributed by atoms with Crippen molar-refractivity contribution in [3.8, 4) is 0 Å². The van der Waals surface area contributed by atoms with Crippen LogP contribution in [0.15, 0.2) is 22.7 Å². The summed E-state index contributed by atoms with van der Waals surface area (Å²) in [5, 5.41) is 0. The molecule has 0 bridgehead atoms. The topological polar surface area (TPSA) is 29.5 Å². The predicted molar refractivity (Wildman–Crippen MR) is 75.2 cm³/mol. The summed E-state index contributed by atoms with van der Waals surface area (Å²) in [6.07, 6.45) is 0. The first kappa shape index (κ1) is 13.8. The normalized spacial score (nSPS) is 19.9. The molecule has 0 aromatic heterocycles. The Morgan fingerprint density at radius 3 is 3.11 bits per heavy atom. The fourth-order valence-electron chi connectivity index (χ4n) is 2.03. The largest absolute Gasteiger partial charge is 0.377 e. The number of amides is 1. The van der Waals surface area contributed by atoms with Gasteiger partial charge in [-0.25, -0.2) is 0 Å². The molecule has 98 valence electrons. The van der Waals surface area contributed by atoms with E-state index in [1.54, 1.807) is 0 Å². The third-order valence-corrected chi connectivity index (χ3v) is 3.95. The van der Waals surface area contributed by atoms with Crippen LogP contribution in [0.4, 0.5) is 0 Å². The highest BCUT2D eigenvalue weighted by Crippen LogP contribution is 2.20. The third-order valence-electron chi connectivity index (χ3n) is 3.10. The number of aryl methyl sites for hydroxylation is 1. The highest BCUT2D eigenvalue weighted by atomic mass is 79.9. The summed E-state index contributed by atoms with van der Waals surface area (Å²) >= 11 is 9.29. The van der Waals surface area contributed by atoms with E-state index >= 15 is 0 Å². The lowest BCUT2D eigenvalue weighted by Crippen LogP contribution is -2.49. The van der Waals surface area contributed by atoms with Gasteiger partial charge in [0.15, 0.2) is 0 Å². The number of ether oxygens (including phenoxy) is 1. The SMILES string of the molecule is Cc1ccc(Br)cc1C(=O)N1CCOCC1CCl. The number of nitrogens with zero attached hydrogens (tertiary/aromatic N) is 1. The number of benzene rings is 1. The third kappa shape index (κ3) is 2.87. The van der Waals surface area contributed by atoms with E-state index in [4.69, 9.17) is 16.3 Å². The molecule has 2 rings (SSSR count). The van der Waals surface area contributed by atoms with E-state index in [9.17, 15) is 4.79 Å². The van der Waals surface area contributed by atoms with Crippen LogP contribution in [0, 0.1) is 6.92 Å². The van der Waals surface area contributed by atoms with Crippen molar-refractivity contribution < 1.29 is 9.53 Å². The average molecular weight is 333 g/mol. The van der Waals surface area contributed by atoms with Crippen molar-refractivity contribution in [2.75, 3.05) is 25.6 Å².